The normalized spacial score (nSPS) is 12.8. The average Bonchev–Trinajstić information content (AvgIpc) is 2.61. The Balaban J connectivity index is 2.97. The molecule has 5 heteroatoms. The molecule has 2 N–H and O–H groups in total. The molecule has 1 atom stereocenters. The second-order valence-electron chi connectivity index (χ2n) is 5.58. The van der Waals surface area contributed by atoms with Crippen LogP contribution in [0.2, 0.25) is 0 Å². The summed E-state index contributed by atoms with van der Waals surface area (Å²) in [6.07, 6.45) is 1.71. The third-order valence-electron chi connectivity index (χ3n) is 3.49. The summed E-state index contributed by atoms with van der Waals surface area (Å²) in [7, 11) is 3.59. The fourth-order valence-electron chi connectivity index (χ4n) is 2.32. The van der Waals surface area contributed by atoms with Crippen molar-refractivity contribution < 1.29 is 4.79 Å². The Hall–Kier alpha value is -1.52. The van der Waals surface area contributed by atoms with Crippen LogP contribution in [-0.4, -0.2) is 33.7 Å². The fourth-order valence-corrected chi connectivity index (χ4v) is 2.32. The highest BCUT2D eigenvalue weighted by atomic mass is 16.2. The molecular formula is C14H26N4O. The van der Waals surface area contributed by atoms with E-state index in [0.29, 0.717) is 17.3 Å². The largest absolute Gasteiger partial charge is 0.395 e. The lowest BCUT2D eigenvalue weighted by atomic mass is 10.0. The minimum atomic E-state index is -0.0552. The van der Waals surface area contributed by atoms with E-state index in [1.807, 2.05) is 14.0 Å². The van der Waals surface area contributed by atoms with E-state index in [9.17, 15) is 4.79 Å². The predicted molar refractivity (Wildman–Crippen MR) is 78.0 cm³/mol. The molecule has 0 fully saturated rings. The Morgan fingerprint density at radius 2 is 2.00 bits per heavy atom. The van der Waals surface area contributed by atoms with Gasteiger partial charge >= 0.3 is 0 Å². The van der Waals surface area contributed by atoms with Crippen molar-refractivity contribution in [1.82, 2.24) is 14.7 Å². The van der Waals surface area contributed by atoms with Crippen LogP contribution in [0.3, 0.4) is 0 Å². The third-order valence-corrected chi connectivity index (χ3v) is 3.49. The summed E-state index contributed by atoms with van der Waals surface area (Å²) in [5.74, 6) is 0.501. The molecule has 0 bridgehead atoms. The van der Waals surface area contributed by atoms with Crippen LogP contribution >= 0.6 is 0 Å². The standard InChI is InChI=1S/C14H26N4O/c1-7-11-12(15)13(18(6)16-11)14(19)17(5)10(4)8-9(2)3/h9-10H,7-8,15H2,1-6H3. The van der Waals surface area contributed by atoms with Gasteiger partial charge in [-0.1, -0.05) is 20.8 Å². The number of carbonyl (C=O) groups is 1. The highest BCUT2D eigenvalue weighted by molar-refractivity contribution is 5.98. The van der Waals surface area contributed by atoms with Gasteiger partial charge in [-0.25, -0.2) is 0 Å². The van der Waals surface area contributed by atoms with E-state index >= 15 is 0 Å². The van der Waals surface area contributed by atoms with E-state index in [4.69, 9.17) is 5.73 Å². The molecule has 1 rings (SSSR count). The van der Waals surface area contributed by atoms with Gasteiger partial charge in [0.2, 0.25) is 0 Å². The van der Waals surface area contributed by atoms with E-state index in [-0.39, 0.29) is 11.9 Å². The molecule has 0 aliphatic carbocycles. The van der Waals surface area contributed by atoms with Crippen molar-refractivity contribution in [3.05, 3.63) is 11.4 Å². The zero-order valence-corrected chi connectivity index (χ0v) is 12.9. The van der Waals surface area contributed by atoms with E-state index in [1.165, 1.54) is 0 Å². The smallest absolute Gasteiger partial charge is 0.274 e. The molecule has 0 aromatic carbocycles. The maximum Gasteiger partial charge on any atom is 0.274 e. The number of anilines is 1. The maximum atomic E-state index is 12.5. The number of aromatic nitrogens is 2. The number of hydrogen-bond acceptors (Lipinski definition) is 3. The molecule has 1 unspecified atom stereocenters. The average molecular weight is 266 g/mol. The summed E-state index contributed by atoms with van der Waals surface area (Å²) in [4.78, 5) is 14.3. The quantitative estimate of drug-likeness (QED) is 0.887. The summed E-state index contributed by atoms with van der Waals surface area (Å²) >= 11 is 0. The molecule has 0 saturated heterocycles. The van der Waals surface area contributed by atoms with Crippen molar-refractivity contribution >= 4 is 11.6 Å². The van der Waals surface area contributed by atoms with E-state index in [0.717, 1.165) is 18.5 Å². The Morgan fingerprint density at radius 3 is 2.42 bits per heavy atom. The van der Waals surface area contributed by atoms with Crippen LogP contribution in [0.4, 0.5) is 5.69 Å². The number of nitrogens with two attached hydrogens (primary N) is 1. The highest BCUT2D eigenvalue weighted by Gasteiger charge is 2.25. The molecule has 108 valence electrons. The Labute approximate surface area is 115 Å². The van der Waals surface area contributed by atoms with Crippen LogP contribution in [-0.2, 0) is 13.5 Å². The minimum absolute atomic E-state index is 0.0552. The van der Waals surface area contributed by atoms with Crippen molar-refractivity contribution in [2.45, 2.75) is 46.6 Å². The second kappa shape index (κ2) is 6.08. The molecule has 0 radical (unpaired) electrons. The van der Waals surface area contributed by atoms with Crippen molar-refractivity contribution in [2.75, 3.05) is 12.8 Å². The molecule has 5 nitrogen and oxygen atoms in total. The Morgan fingerprint density at radius 1 is 1.42 bits per heavy atom. The first-order valence-electron chi connectivity index (χ1n) is 6.88. The minimum Gasteiger partial charge on any atom is -0.395 e. The molecule has 19 heavy (non-hydrogen) atoms. The van der Waals surface area contributed by atoms with Gasteiger partial charge in [0.1, 0.15) is 5.69 Å². The topological polar surface area (TPSA) is 64.2 Å². The Kier molecular flexibility index (Phi) is 4.97. The van der Waals surface area contributed by atoms with Gasteiger partial charge in [-0.15, -0.1) is 0 Å². The molecule has 1 amide bonds. The number of aryl methyl sites for hydroxylation is 2. The van der Waals surface area contributed by atoms with Gasteiger partial charge in [-0.3, -0.25) is 9.48 Å². The van der Waals surface area contributed by atoms with Crippen molar-refractivity contribution in [3.8, 4) is 0 Å². The van der Waals surface area contributed by atoms with Gasteiger partial charge in [0.25, 0.3) is 5.91 Å². The molecular weight excluding hydrogens is 240 g/mol. The number of rotatable bonds is 5. The number of hydrogen-bond donors (Lipinski definition) is 1. The van der Waals surface area contributed by atoms with Gasteiger partial charge < -0.3 is 10.6 Å². The van der Waals surface area contributed by atoms with Crippen LogP contribution < -0.4 is 5.73 Å². The van der Waals surface area contributed by atoms with Crippen molar-refractivity contribution in [3.63, 3.8) is 0 Å². The molecule has 1 heterocycles. The maximum absolute atomic E-state index is 12.5. The number of nitrogen functional groups attached to an aromatic ring is 1. The van der Waals surface area contributed by atoms with Crippen LogP contribution in [0.25, 0.3) is 0 Å². The summed E-state index contributed by atoms with van der Waals surface area (Å²) in [6.45, 7) is 8.36. The summed E-state index contributed by atoms with van der Waals surface area (Å²) in [5, 5.41) is 4.30. The predicted octanol–water partition coefficient (Wildman–Crippen LogP) is 2.07. The van der Waals surface area contributed by atoms with Crippen molar-refractivity contribution in [2.24, 2.45) is 13.0 Å². The molecule has 1 aromatic rings. The molecule has 0 spiro atoms. The SMILES string of the molecule is CCc1nn(C)c(C(=O)N(C)C(C)CC(C)C)c1N. The van der Waals surface area contributed by atoms with Crippen LogP contribution in [0.5, 0.6) is 0 Å². The summed E-state index contributed by atoms with van der Waals surface area (Å²) < 4.78 is 1.59. The van der Waals surface area contributed by atoms with Crippen LogP contribution in [0.1, 0.15) is 50.3 Å². The number of amides is 1. The lowest BCUT2D eigenvalue weighted by Crippen LogP contribution is -2.37. The van der Waals surface area contributed by atoms with Gasteiger partial charge in [-0.05, 0) is 25.7 Å². The summed E-state index contributed by atoms with van der Waals surface area (Å²) in [5.41, 5.74) is 7.82. The summed E-state index contributed by atoms with van der Waals surface area (Å²) in [6, 6.07) is 0.187. The van der Waals surface area contributed by atoms with Gasteiger partial charge in [0.15, 0.2) is 0 Å². The number of nitrogens with zero attached hydrogens (tertiary/aromatic N) is 3. The highest BCUT2D eigenvalue weighted by Crippen LogP contribution is 2.20. The molecule has 0 aliphatic rings. The number of carbonyl (C=O) groups excluding carboxylic acids is 1. The zero-order chi connectivity index (χ0) is 14.7. The van der Waals surface area contributed by atoms with Gasteiger partial charge in [0.05, 0.1) is 11.4 Å². The first-order valence-corrected chi connectivity index (χ1v) is 6.88. The molecule has 1 aromatic heterocycles. The fraction of sp³-hybridized carbons (Fsp3) is 0.714. The van der Waals surface area contributed by atoms with E-state index < -0.39 is 0 Å². The second-order valence-corrected chi connectivity index (χ2v) is 5.58. The first-order chi connectivity index (χ1) is 8.79. The first kappa shape index (κ1) is 15.5. The van der Waals surface area contributed by atoms with E-state index in [2.05, 4.69) is 25.9 Å². The van der Waals surface area contributed by atoms with Gasteiger partial charge in [0, 0.05) is 20.1 Å². The zero-order valence-electron chi connectivity index (χ0n) is 12.9. The lowest BCUT2D eigenvalue weighted by Gasteiger charge is -2.26. The monoisotopic (exact) mass is 266 g/mol. The molecule has 0 saturated carbocycles. The van der Waals surface area contributed by atoms with Crippen LogP contribution in [0.15, 0.2) is 0 Å². The van der Waals surface area contributed by atoms with Crippen molar-refractivity contribution in [1.29, 1.82) is 0 Å². The lowest BCUT2D eigenvalue weighted by molar-refractivity contribution is 0.0718. The molecule has 0 aliphatic heterocycles. The van der Waals surface area contributed by atoms with Gasteiger partial charge in [-0.2, -0.15) is 5.10 Å². The van der Waals surface area contributed by atoms with E-state index in [1.54, 1.807) is 16.6 Å². The Bertz CT molecular complexity index is 451. The third kappa shape index (κ3) is 3.28. The van der Waals surface area contributed by atoms with Crippen LogP contribution in [0, 0.1) is 5.92 Å².